The van der Waals surface area contributed by atoms with E-state index in [-0.39, 0.29) is 17.1 Å². The van der Waals surface area contributed by atoms with E-state index in [2.05, 4.69) is 5.32 Å². The van der Waals surface area contributed by atoms with E-state index in [1.165, 1.54) is 18.2 Å². The molecule has 0 radical (unpaired) electrons. The molecule has 164 valence electrons. The third-order valence-corrected chi connectivity index (χ3v) is 7.11. The SMILES string of the molecule is O=C(Nc1ccc2c(c1)OCCO2)C1CCCCN1S(=O)(=O)c1cccc([N+](=O)[O-])c1. The first kappa shape index (κ1) is 21.1. The first-order valence-corrected chi connectivity index (χ1v) is 11.3. The lowest BCUT2D eigenvalue weighted by atomic mass is 10.0. The Morgan fingerprint density at radius 1 is 1.10 bits per heavy atom. The second-order valence-corrected chi connectivity index (χ2v) is 9.12. The van der Waals surface area contributed by atoms with Crippen LogP contribution in [0.2, 0.25) is 0 Å². The van der Waals surface area contributed by atoms with Gasteiger partial charge in [-0.2, -0.15) is 4.31 Å². The molecule has 0 aromatic heterocycles. The van der Waals surface area contributed by atoms with Gasteiger partial charge in [-0.25, -0.2) is 8.42 Å². The fraction of sp³-hybridized carbons (Fsp3) is 0.350. The lowest BCUT2D eigenvalue weighted by Gasteiger charge is -2.33. The number of non-ortho nitro benzene ring substituents is 1. The molecule has 0 aliphatic carbocycles. The van der Waals surface area contributed by atoms with Crippen molar-refractivity contribution in [1.29, 1.82) is 0 Å². The summed E-state index contributed by atoms with van der Waals surface area (Å²) >= 11 is 0. The zero-order chi connectivity index (χ0) is 22.0. The van der Waals surface area contributed by atoms with Gasteiger partial charge in [-0.3, -0.25) is 14.9 Å². The molecule has 4 rings (SSSR count). The molecule has 1 N–H and O–H groups in total. The van der Waals surface area contributed by atoms with Crippen LogP contribution in [0.25, 0.3) is 0 Å². The van der Waals surface area contributed by atoms with E-state index in [9.17, 15) is 23.3 Å². The summed E-state index contributed by atoms with van der Waals surface area (Å²) in [7, 11) is -4.10. The molecule has 2 aromatic carbocycles. The van der Waals surface area contributed by atoms with Crippen molar-refractivity contribution in [3.05, 3.63) is 52.6 Å². The van der Waals surface area contributed by atoms with Crippen LogP contribution in [0.15, 0.2) is 47.4 Å². The average Bonchev–Trinajstić information content (AvgIpc) is 2.79. The van der Waals surface area contributed by atoms with Gasteiger partial charge in [0.05, 0.1) is 9.82 Å². The van der Waals surface area contributed by atoms with Crippen LogP contribution in [0.3, 0.4) is 0 Å². The van der Waals surface area contributed by atoms with Crippen LogP contribution in [0.1, 0.15) is 19.3 Å². The fourth-order valence-electron chi connectivity index (χ4n) is 3.69. The number of fused-ring (bicyclic) bond motifs is 1. The van der Waals surface area contributed by atoms with Crippen molar-refractivity contribution >= 4 is 27.3 Å². The van der Waals surface area contributed by atoms with Crippen LogP contribution in [0, 0.1) is 10.1 Å². The van der Waals surface area contributed by atoms with E-state index >= 15 is 0 Å². The Hall–Kier alpha value is -3.18. The van der Waals surface area contributed by atoms with Crippen molar-refractivity contribution < 1.29 is 27.6 Å². The molecule has 0 saturated carbocycles. The third-order valence-electron chi connectivity index (χ3n) is 5.20. The van der Waals surface area contributed by atoms with Crippen LogP contribution >= 0.6 is 0 Å². The standard InChI is InChI=1S/C20H21N3O7S/c24-20(21-14-7-8-18-19(12-14)30-11-10-29-18)17-6-1-2-9-22(17)31(27,28)16-5-3-4-15(13-16)23(25)26/h3-5,7-8,12-13,17H,1-2,6,9-11H2,(H,21,24). The van der Waals surface area contributed by atoms with E-state index in [0.29, 0.717) is 49.7 Å². The molecular formula is C20H21N3O7S. The lowest BCUT2D eigenvalue weighted by molar-refractivity contribution is -0.385. The van der Waals surface area contributed by atoms with E-state index < -0.39 is 26.9 Å². The van der Waals surface area contributed by atoms with Gasteiger partial charge in [-0.05, 0) is 31.0 Å². The van der Waals surface area contributed by atoms with Gasteiger partial charge in [0.25, 0.3) is 5.69 Å². The van der Waals surface area contributed by atoms with Crippen molar-refractivity contribution in [3.8, 4) is 11.5 Å². The summed E-state index contributed by atoms with van der Waals surface area (Å²) < 4.78 is 38.5. The summed E-state index contributed by atoms with van der Waals surface area (Å²) in [5.74, 6) is 0.621. The van der Waals surface area contributed by atoms with Crippen LogP contribution in [-0.4, -0.2) is 49.4 Å². The van der Waals surface area contributed by atoms with Crippen molar-refractivity contribution in [2.75, 3.05) is 25.1 Å². The summed E-state index contributed by atoms with van der Waals surface area (Å²) in [6.45, 7) is 1.01. The number of ether oxygens (including phenoxy) is 2. The number of carbonyl (C=O) groups excluding carboxylic acids is 1. The quantitative estimate of drug-likeness (QED) is 0.551. The zero-order valence-corrected chi connectivity index (χ0v) is 17.3. The molecule has 31 heavy (non-hydrogen) atoms. The predicted octanol–water partition coefficient (Wildman–Crippen LogP) is 2.55. The second-order valence-electron chi connectivity index (χ2n) is 7.23. The number of sulfonamides is 1. The summed E-state index contributed by atoms with van der Waals surface area (Å²) in [4.78, 5) is 23.2. The molecule has 2 aliphatic heterocycles. The predicted molar refractivity (Wildman–Crippen MR) is 111 cm³/mol. The molecule has 1 saturated heterocycles. The molecule has 2 aliphatic rings. The maximum absolute atomic E-state index is 13.2. The number of amides is 1. The highest BCUT2D eigenvalue weighted by Gasteiger charge is 2.38. The van der Waals surface area contributed by atoms with Crippen LogP contribution in [0.5, 0.6) is 11.5 Å². The Morgan fingerprint density at radius 2 is 1.87 bits per heavy atom. The first-order valence-electron chi connectivity index (χ1n) is 9.83. The largest absolute Gasteiger partial charge is 0.486 e. The van der Waals surface area contributed by atoms with E-state index in [4.69, 9.17) is 9.47 Å². The molecule has 1 atom stereocenters. The van der Waals surface area contributed by atoms with Gasteiger partial charge in [-0.1, -0.05) is 12.5 Å². The summed E-state index contributed by atoms with van der Waals surface area (Å²) in [5, 5.41) is 13.8. The fourth-order valence-corrected chi connectivity index (χ4v) is 5.39. The van der Waals surface area contributed by atoms with Crippen molar-refractivity contribution in [1.82, 2.24) is 4.31 Å². The van der Waals surface area contributed by atoms with Crippen molar-refractivity contribution in [3.63, 3.8) is 0 Å². The number of anilines is 1. The number of hydrogen-bond acceptors (Lipinski definition) is 7. The lowest BCUT2D eigenvalue weighted by Crippen LogP contribution is -2.49. The Kier molecular flexibility index (Phi) is 5.79. The monoisotopic (exact) mass is 447 g/mol. The molecule has 0 bridgehead atoms. The highest BCUT2D eigenvalue weighted by atomic mass is 32.2. The number of carbonyl (C=O) groups is 1. The summed E-state index contributed by atoms with van der Waals surface area (Å²) in [6.07, 6.45) is 1.65. The Labute approximate surface area is 179 Å². The maximum Gasteiger partial charge on any atom is 0.270 e. The molecule has 2 aromatic rings. The van der Waals surface area contributed by atoms with Gasteiger partial charge in [0.1, 0.15) is 19.3 Å². The third kappa shape index (κ3) is 4.32. The topological polar surface area (TPSA) is 128 Å². The van der Waals surface area contributed by atoms with Gasteiger partial charge in [0.15, 0.2) is 11.5 Å². The Bertz CT molecular complexity index is 1120. The average molecular weight is 447 g/mol. The highest BCUT2D eigenvalue weighted by molar-refractivity contribution is 7.89. The second kappa shape index (κ2) is 8.52. The van der Waals surface area contributed by atoms with E-state index in [1.807, 2.05) is 0 Å². The number of nitrogens with zero attached hydrogens (tertiary/aromatic N) is 2. The summed E-state index contributed by atoms with van der Waals surface area (Å²) in [6, 6.07) is 8.91. The smallest absolute Gasteiger partial charge is 0.270 e. The number of nitro groups is 1. The molecule has 1 unspecified atom stereocenters. The zero-order valence-electron chi connectivity index (χ0n) is 16.5. The molecule has 1 amide bonds. The molecular weight excluding hydrogens is 426 g/mol. The number of piperidine rings is 1. The van der Waals surface area contributed by atoms with Crippen molar-refractivity contribution in [2.24, 2.45) is 0 Å². The number of rotatable bonds is 5. The van der Waals surface area contributed by atoms with Crippen LogP contribution in [-0.2, 0) is 14.8 Å². The van der Waals surface area contributed by atoms with Crippen LogP contribution in [0.4, 0.5) is 11.4 Å². The Balaban J connectivity index is 1.57. The van der Waals surface area contributed by atoms with Gasteiger partial charge in [-0.15, -0.1) is 0 Å². The normalized spacial score (nSPS) is 18.9. The van der Waals surface area contributed by atoms with Crippen molar-refractivity contribution in [2.45, 2.75) is 30.2 Å². The molecule has 0 spiro atoms. The number of nitrogens with one attached hydrogen (secondary N) is 1. The molecule has 10 nitrogen and oxygen atoms in total. The van der Waals surface area contributed by atoms with E-state index in [0.717, 1.165) is 10.4 Å². The minimum Gasteiger partial charge on any atom is -0.486 e. The molecule has 2 heterocycles. The minimum atomic E-state index is -4.10. The Morgan fingerprint density at radius 3 is 2.65 bits per heavy atom. The van der Waals surface area contributed by atoms with E-state index in [1.54, 1.807) is 18.2 Å². The highest BCUT2D eigenvalue weighted by Crippen LogP contribution is 2.33. The van der Waals surface area contributed by atoms with Crippen LogP contribution < -0.4 is 14.8 Å². The maximum atomic E-state index is 13.2. The van der Waals surface area contributed by atoms with Gasteiger partial charge < -0.3 is 14.8 Å². The number of nitro benzene ring substituents is 1. The molecule has 11 heteroatoms. The van der Waals surface area contributed by atoms with Gasteiger partial charge in [0.2, 0.25) is 15.9 Å². The number of benzene rings is 2. The minimum absolute atomic E-state index is 0.157. The number of hydrogen-bond donors (Lipinski definition) is 1. The first-order chi connectivity index (χ1) is 14.9. The van der Waals surface area contributed by atoms with Gasteiger partial charge in [0, 0.05) is 30.4 Å². The molecule has 1 fully saturated rings. The summed E-state index contributed by atoms with van der Waals surface area (Å²) in [5.41, 5.74) is 0.142. The van der Waals surface area contributed by atoms with Gasteiger partial charge >= 0.3 is 0 Å².